The zero-order valence-electron chi connectivity index (χ0n) is 9.32. The van der Waals surface area contributed by atoms with Crippen molar-refractivity contribution in [3.63, 3.8) is 0 Å². The second kappa shape index (κ2) is 5.33. The molecule has 9 heteroatoms. The second-order valence-electron chi connectivity index (χ2n) is 3.40. The minimum Gasteiger partial charge on any atom is -0.351 e. The lowest BCUT2D eigenvalue weighted by Crippen LogP contribution is -2.31. The number of amides is 2. The van der Waals surface area contributed by atoms with Crippen LogP contribution in [0.3, 0.4) is 0 Å². The highest BCUT2D eigenvalue weighted by Crippen LogP contribution is 2.33. The Labute approximate surface area is 119 Å². The van der Waals surface area contributed by atoms with E-state index in [0.29, 0.717) is 10.8 Å². The van der Waals surface area contributed by atoms with Crippen molar-refractivity contribution in [2.75, 3.05) is 4.90 Å². The normalized spacial score (nSPS) is 10.2. The number of thiazole rings is 1. The van der Waals surface area contributed by atoms with Crippen LogP contribution in [0.1, 0.15) is 0 Å². The molecule has 0 fully saturated rings. The highest BCUT2D eigenvalue weighted by Gasteiger charge is 2.20. The molecule has 1 aromatic carbocycles. The van der Waals surface area contributed by atoms with Crippen LogP contribution in [-0.4, -0.2) is 15.9 Å². The maximum atomic E-state index is 11.5. The number of non-ortho nitro benzene ring substituents is 1. The van der Waals surface area contributed by atoms with Gasteiger partial charge < -0.3 is 5.73 Å². The highest BCUT2D eigenvalue weighted by molar-refractivity contribution is 9.11. The van der Waals surface area contributed by atoms with Gasteiger partial charge in [-0.3, -0.25) is 10.1 Å². The van der Waals surface area contributed by atoms with Crippen molar-refractivity contribution in [3.8, 4) is 0 Å². The van der Waals surface area contributed by atoms with E-state index in [4.69, 9.17) is 5.73 Å². The number of rotatable bonds is 3. The van der Waals surface area contributed by atoms with Crippen molar-refractivity contribution >= 4 is 49.8 Å². The van der Waals surface area contributed by atoms with Crippen molar-refractivity contribution in [2.45, 2.75) is 0 Å². The summed E-state index contributed by atoms with van der Waals surface area (Å²) in [5, 5.41) is 11.1. The van der Waals surface area contributed by atoms with E-state index in [1.807, 2.05) is 0 Å². The molecule has 1 heterocycles. The third-order valence-electron chi connectivity index (χ3n) is 2.18. The molecular weight excluding hydrogens is 336 g/mol. The minimum absolute atomic E-state index is 0.126. The van der Waals surface area contributed by atoms with Crippen LogP contribution in [0.25, 0.3) is 0 Å². The molecule has 0 saturated carbocycles. The van der Waals surface area contributed by atoms with Gasteiger partial charge in [0.05, 0.1) is 20.6 Å². The summed E-state index contributed by atoms with van der Waals surface area (Å²) in [7, 11) is 0. The van der Waals surface area contributed by atoms with E-state index in [-0.39, 0.29) is 5.69 Å². The standard InChI is InChI=1S/C10H7BrN4O3S/c11-8-5-13-10(19-8)14(9(12)16)6-2-1-3-7(4-6)15(17)18/h1-5H,(H2,12,16). The quantitative estimate of drug-likeness (QED) is 0.683. The van der Waals surface area contributed by atoms with Crippen LogP contribution in [0.15, 0.2) is 34.2 Å². The van der Waals surface area contributed by atoms with E-state index >= 15 is 0 Å². The molecule has 7 nitrogen and oxygen atoms in total. The maximum Gasteiger partial charge on any atom is 0.325 e. The Kier molecular flexibility index (Phi) is 3.76. The SMILES string of the molecule is NC(=O)N(c1cccc([N+](=O)[O-])c1)c1ncc(Br)s1. The summed E-state index contributed by atoms with van der Waals surface area (Å²) in [6.45, 7) is 0. The lowest BCUT2D eigenvalue weighted by molar-refractivity contribution is -0.384. The minimum atomic E-state index is -0.762. The number of urea groups is 1. The van der Waals surface area contributed by atoms with Crippen molar-refractivity contribution in [1.29, 1.82) is 0 Å². The number of hydrogen-bond donors (Lipinski definition) is 1. The monoisotopic (exact) mass is 342 g/mol. The van der Waals surface area contributed by atoms with Crippen LogP contribution in [0.5, 0.6) is 0 Å². The fourth-order valence-corrected chi connectivity index (χ4v) is 2.64. The van der Waals surface area contributed by atoms with Crippen molar-refractivity contribution in [2.24, 2.45) is 5.73 Å². The lowest BCUT2D eigenvalue weighted by Gasteiger charge is -2.16. The first-order valence-electron chi connectivity index (χ1n) is 4.94. The van der Waals surface area contributed by atoms with Crippen LogP contribution in [0.2, 0.25) is 0 Å². The lowest BCUT2D eigenvalue weighted by atomic mass is 10.2. The highest BCUT2D eigenvalue weighted by atomic mass is 79.9. The molecule has 0 radical (unpaired) electrons. The molecule has 0 atom stereocenters. The molecular formula is C10H7BrN4O3S. The first kappa shape index (κ1) is 13.4. The average molecular weight is 343 g/mol. The first-order valence-corrected chi connectivity index (χ1v) is 6.55. The molecule has 2 rings (SSSR count). The number of aromatic nitrogens is 1. The van der Waals surface area contributed by atoms with E-state index < -0.39 is 11.0 Å². The van der Waals surface area contributed by atoms with Gasteiger partial charge in [0.2, 0.25) is 0 Å². The van der Waals surface area contributed by atoms with E-state index in [1.54, 1.807) is 6.07 Å². The van der Waals surface area contributed by atoms with Gasteiger partial charge >= 0.3 is 6.03 Å². The van der Waals surface area contributed by atoms with E-state index in [0.717, 1.165) is 8.69 Å². The van der Waals surface area contributed by atoms with Crippen LogP contribution in [-0.2, 0) is 0 Å². The Bertz CT molecular complexity index is 645. The zero-order valence-corrected chi connectivity index (χ0v) is 11.7. The predicted molar refractivity (Wildman–Crippen MR) is 74.6 cm³/mol. The number of nitrogens with zero attached hydrogens (tertiary/aromatic N) is 3. The third kappa shape index (κ3) is 2.88. The number of carbonyl (C=O) groups is 1. The molecule has 2 amide bonds. The van der Waals surface area contributed by atoms with Crippen LogP contribution in [0.4, 0.5) is 21.3 Å². The summed E-state index contributed by atoms with van der Waals surface area (Å²) in [5.41, 5.74) is 5.47. The smallest absolute Gasteiger partial charge is 0.325 e. The molecule has 0 bridgehead atoms. The molecule has 0 saturated heterocycles. The van der Waals surface area contributed by atoms with E-state index in [1.165, 1.54) is 35.7 Å². The summed E-state index contributed by atoms with van der Waals surface area (Å²) in [6, 6.07) is 4.86. The average Bonchev–Trinajstić information content (AvgIpc) is 2.75. The Morgan fingerprint density at radius 3 is 2.79 bits per heavy atom. The van der Waals surface area contributed by atoms with Gasteiger partial charge in [-0.2, -0.15) is 0 Å². The molecule has 2 N–H and O–H groups in total. The Hall–Kier alpha value is -2.00. The zero-order chi connectivity index (χ0) is 14.0. The summed E-state index contributed by atoms with van der Waals surface area (Å²) in [5.74, 6) is 0. The van der Waals surface area contributed by atoms with Gasteiger partial charge in [-0.15, -0.1) is 0 Å². The number of primary amides is 1. The second-order valence-corrected chi connectivity index (χ2v) is 5.79. The largest absolute Gasteiger partial charge is 0.351 e. The van der Waals surface area contributed by atoms with Gasteiger partial charge in [0.15, 0.2) is 5.13 Å². The van der Waals surface area contributed by atoms with Gasteiger partial charge in [-0.05, 0) is 22.0 Å². The molecule has 0 unspecified atom stereocenters. The molecule has 2 aromatic rings. The van der Waals surface area contributed by atoms with Gasteiger partial charge in [-0.1, -0.05) is 17.4 Å². The van der Waals surface area contributed by atoms with Gasteiger partial charge in [0, 0.05) is 12.1 Å². The Morgan fingerprint density at radius 1 is 1.53 bits per heavy atom. The number of nitrogens with two attached hydrogens (primary N) is 1. The number of nitro groups is 1. The fraction of sp³-hybridized carbons (Fsp3) is 0. The number of benzene rings is 1. The van der Waals surface area contributed by atoms with Crippen LogP contribution < -0.4 is 10.6 Å². The maximum absolute atomic E-state index is 11.5. The fourth-order valence-electron chi connectivity index (χ4n) is 1.43. The molecule has 0 aliphatic heterocycles. The Balaban J connectivity index is 2.48. The number of halogens is 1. The molecule has 0 spiro atoms. The number of anilines is 2. The Morgan fingerprint density at radius 2 is 2.26 bits per heavy atom. The molecule has 0 aliphatic carbocycles. The van der Waals surface area contributed by atoms with Crippen molar-refractivity contribution in [3.05, 3.63) is 44.4 Å². The van der Waals surface area contributed by atoms with Crippen LogP contribution in [0, 0.1) is 10.1 Å². The molecule has 98 valence electrons. The van der Waals surface area contributed by atoms with Crippen molar-refractivity contribution < 1.29 is 9.72 Å². The summed E-state index contributed by atoms with van der Waals surface area (Å²) in [6.07, 6.45) is 1.52. The van der Waals surface area contributed by atoms with Gasteiger partial charge in [-0.25, -0.2) is 14.7 Å². The van der Waals surface area contributed by atoms with Crippen molar-refractivity contribution in [1.82, 2.24) is 4.98 Å². The molecule has 1 aromatic heterocycles. The van der Waals surface area contributed by atoms with Crippen LogP contribution >= 0.6 is 27.3 Å². The summed E-state index contributed by atoms with van der Waals surface area (Å²) < 4.78 is 0.721. The summed E-state index contributed by atoms with van der Waals surface area (Å²) in [4.78, 5) is 26.8. The number of nitro benzene ring substituents is 1. The number of carbonyl (C=O) groups excluding carboxylic acids is 1. The number of hydrogen-bond acceptors (Lipinski definition) is 5. The molecule has 19 heavy (non-hydrogen) atoms. The third-order valence-corrected chi connectivity index (χ3v) is 3.64. The van der Waals surface area contributed by atoms with Gasteiger partial charge in [0.1, 0.15) is 0 Å². The van der Waals surface area contributed by atoms with E-state index in [9.17, 15) is 14.9 Å². The van der Waals surface area contributed by atoms with Gasteiger partial charge in [0.25, 0.3) is 5.69 Å². The van der Waals surface area contributed by atoms with E-state index in [2.05, 4.69) is 20.9 Å². The molecule has 0 aliphatic rings. The summed E-state index contributed by atoms with van der Waals surface area (Å²) >= 11 is 4.42. The first-order chi connectivity index (χ1) is 8.99. The topological polar surface area (TPSA) is 102 Å². The predicted octanol–water partition coefficient (Wildman–Crippen LogP) is 3.03.